The number of carbonyl (C=O) groups is 1. The van der Waals surface area contributed by atoms with Crippen LogP contribution in [0.4, 0.5) is 0 Å². The first-order valence-corrected chi connectivity index (χ1v) is 8.34. The number of nitriles is 2. The number of hydrogen-bond acceptors (Lipinski definition) is 4. The number of ether oxygens (including phenoxy) is 1. The van der Waals surface area contributed by atoms with Gasteiger partial charge in [-0.2, -0.15) is 10.5 Å². The lowest BCUT2D eigenvalue weighted by atomic mass is 10.1. The van der Waals surface area contributed by atoms with E-state index >= 15 is 0 Å². The average Bonchev–Trinajstić information content (AvgIpc) is 2.87. The van der Waals surface area contributed by atoms with Gasteiger partial charge in [0.05, 0.1) is 0 Å². The van der Waals surface area contributed by atoms with Gasteiger partial charge in [0, 0.05) is 21.5 Å². The molecular weight excluding hydrogens is 382 g/mol. The Morgan fingerprint density at radius 1 is 1.28 bits per heavy atom. The van der Waals surface area contributed by atoms with E-state index in [0.29, 0.717) is 0 Å². The maximum atomic E-state index is 12.0. The summed E-state index contributed by atoms with van der Waals surface area (Å²) in [7, 11) is 0. The van der Waals surface area contributed by atoms with E-state index in [1.54, 1.807) is 6.07 Å². The number of carbonyl (C=O) groups excluding carboxylic acids is 1. The Labute approximate surface area is 154 Å². The highest BCUT2D eigenvalue weighted by atomic mass is 79.9. The molecule has 126 valence electrons. The van der Waals surface area contributed by atoms with E-state index in [4.69, 9.17) is 10.00 Å². The zero-order chi connectivity index (χ0) is 18.6. The minimum absolute atomic E-state index is 0.141. The number of esters is 1. The summed E-state index contributed by atoms with van der Waals surface area (Å²) in [5.41, 5.74) is 3.46. The fourth-order valence-electron chi connectivity index (χ4n) is 2.46. The van der Waals surface area contributed by atoms with Gasteiger partial charge in [0.1, 0.15) is 17.7 Å². The van der Waals surface area contributed by atoms with E-state index < -0.39 is 12.1 Å². The van der Waals surface area contributed by atoms with Crippen LogP contribution in [0.1, 0.15) is 23.9 Å². The Hall–Kier alpha value is -2.83. The molecule has 0 radical (unpaired) electrons. The third-order valence-corrected chi connectivity index (χ3v) is 4.19. The average molecular weight is 398 g/mol. The molecule has 2 aromatic rings. The number of aryl methyl sites for hydroxylation is 1. The number of nitrogens with zero attached hydrogens (tertiary/aromatic N) is 3. The number of benzene rings is 1. The van der Waals surface area contributed by atoms with Crippen LogP contribution in [0.25, 0.3) is 11.8 Å². The number of halogens is 1. The lowest BCUT2D eigenvalue weighted by Gasteiger charge is -2.09. The smallest absolute Gasteiger partial charge is 0.350 e. The predicted molar refractivity (Wildman–Crippen MR) is 97.7 cm³/mol. The summed E-state index contributed by atoms with van der Waals surface area (Å²) < 4.78 is 7.92. The largest absolute Gasteiger partial charge is 0.443 e. The second kappa shape index (κ2) is 7.83. The lowest BCUT2D eigenvalue weighted by Crippen LogP contribution is -2.14. The highest BCUT2D eigenvalue weighted by molar-refractivity contribution is 9.10. The SMILES string of the molecule is Cc1cc(/C=C(\C#N)C(=O)OC(C)C#N)c(C)n1-c1ccc(Br)cc1. The summed E-state index contributed by atoms with van der Waals surface area (Å²) in [6.45, 7) is 5.32. The summed E-state index contributed by atoms with van der Waals surface area (Å²) in [6, 6.07) is 13.4. The summed E-state index contributed by atoms with van der Waals surface area (Å²) in [6.07, 6.45) is 0.587. The van der Waals surface area contributed by atoms with Crippen LogP contribution in [0, 0.1) is 36.5 Å². The molecule has 0 aliphatic rings. The van der Waals surface area contributed by atoms with Crippen LogP contribution in [0.15, 0.2) is 40.4 Å². The topological polar surface area (TPSA) is 78.8 Å². The first kappa shape index (κ1) is 18.5. The summed E-state index contributed by atoms with van der Waals surface area (Å²) in [5.74, 6) is -0.801. The summed E-state index contributed by atoms with van der Waals surface area (Å²) >= 11 is 3.41. The fraction of sp³-hybridized carbons (Fsp3) is 0.211. The molecule has 0 amide bonds. The second-order valence-corrected chi connectivity index (χ2v) is 6.40. The van der Waals surface area contributed by atoms with Crippen LogP contribution in [0.2, 0.25) is 0 Å². The molecule has 0 fully saturated rings. The van der Waals surface area contributed by atoms with Gasteiger partial charge in [-0.1, -0.05) is 15.9 Å². The maximum absolute atomic E-state index is 12.0. The van der Waals surface area contributed by atoms with E-state index in [1.165, 1.54) is 13.0 Å². The Kier molecular flexibility index (Phi) is 5.80. The van der Waals surface area contributed by atoms with Crippen molar-refractivity contribution < 1.29 is 9.53 Å². The van der Waals surface area contributed by atoms with Crippen molar-refractivity contribution in [1.29, 1.82) is 10.5 Å². The van der Waals surface area contributed by atoms with Crippen LogP contribution < -0.4 is 0 Å². The number of rotatable bonds is 4. The second-order valence-electron chi connectivity index (χ2n) is 5.48. The summed E-state index contributed by atoms with van der Waals surface area (Å²) in [5, 5.41) is 18.0. The Bertz CT molecular complexity index is 912. The van der Waals surface area contributed by atoms with Gasteiger partial charge < -0.3 is 9.30 Å². The van der Waals surface area contributed by atoms with Gasteiger partial charge in [-0.05, 0) is 62.7 Å². The molecular formula is C19H16BrN3O2. The molecule has 25 heavy (non-hydrogen) atoms. The molecule has 1 aromatic heterocycles. The molecule has 2 rings (SSSR count). The fourth-order valence-corrected chi connectivity index (χ4v) is 2.73. The van der Waals surface area contributed by atoms with Gasteiger partial charge in [-0.3, -0.25) is 0 Å². The third kappa shape index (κ3) is 4.17. The standard InChI is InChI=1S/C19H16BrN3O2/c1-12-8-15(9-16(11-22)19(24)25-13(2)10-21)14(3)23(12)18-6-4-17(20)5-7-18/h4-9,13H,1-3H3/b16-9+. The molecule has 0 aliphatic heterocycles. The van der Waals surface area contributed by atoms with Crippen molar-refractivity contribution in [1.82, 2.24) is 4.57 Å². The van der Waals surface area contributed by atoms with E-state index in [9.17, 15) is 10.1 Å². The lowest BCUT2D eigenvalue weighted by molar-refractivity contribution is -0.140. The minimum atomic E-state index is -0.903. The van der Waals surface area contributed by atoms with Crippen molar-refractivity contribution in [2.75, 3.05) is 0 Å². The van der Waals surface area contributed by atoms with Crippen molar-refractivity contribution in [3.8, 4) is 17.8 Å². The van der Waals surface area contributed by atoms with Gasteiger partial charge in [-0.15, -0.1) is 0 Å². The molecule has 0 aliphatic carbocycles. The van der Waals surface area contributed by atoms with Crippen LogP contribution in [0.3, 0.4) is 0 Å². The first-order valence-electron chi connectivity index (χ1n) is 7.54. The number of hydrogen-bond donors (Lipinski definition) is 0. The molecule has 1 aromatic carbocycles. The Morgan fingerprint density at radius 2 is 1.92 bits per heavy atom. The normalized spacial score (nSPS) is 12.2. The molecule has 0 saturated heterocycles. The predicted octanol–water partition coefficient (Wildman–Crippen LogP) is 4.22. The zero-order valence-electron chi connectivity index (χ0n) is 14.1. The summed E-state index contributed by atoms with van der Waals surface area (Å²) in [4.78, 5) is 12.0. The van der Waals surface area contributed by atoms with Crippen LogP contribution in [0.5, 0.6) is 0 Å². The zero-order valence-corrected chi connectivity index (χ0v) is 15.7. The van der Waals surface area contributed by atoms with Gasteiger partial charge >= 0.3 is 5.97 Å². The van der Waals surface area contributed by atoms with Crippen molar-refractivity contribution in [2.24, 2.45) is 0 Å². The highest BCUT2D eigenvalue weighted by Crippen LogP contribution is 2.24. The van der Waals surface area contributed by atoms with E-state index in [2.05, 4.69) is 15.9 Å². The molecule has 0 spiro atoms. The molecule has 1 atom stereocenters. The monoisotopic (exact) mass is 397 g/mol. The van der Waals surface area contributed by atoms with Crippen molar-refractivity contribution >= 4 is 28.0 Å². The van der Waals surface area contributed by atoms with Gasteiger partial charge in [-0.25, -0.2) is 4.79 Å². The van der Waals surface area contributed by atoms with Crippen molar-refractivity contribution in [3.63, 3.8) is 0 Å². The van der Waals surface area contributed by atoms with Crippen molar-refractivity contribution in [2.45, 2.75) is 26.9 Å². The molecule has 1 heterocycles. The van der Waals surface area contributed by atoms with Gasteiger partial charge in [0.25, 0.3) is 0 Å². The van der Waals surface area contributed by atoms with E-state index in [0.717, 1.165) is 27.1 Å². The van der Waals surface area contributed by atoms with Crippen LogP contribution in [-0.2, 0) is 9.53 Å². The van der Waals surface area contributed by atoms with Gasteiger partial charge in [0.15, 0.2) is 6.10 Å². The molecule has 6 heteroatoms. The molecule has 5 nitrogen and oxygen atoms in total. The highest BCUT2D eigenvalue weighted by Gasteiger charge is 2.16. The quantitative estimate of drug-likeness (QED) is 0.439. The number of aromatic nitrogens is 1. The molecule has 1 unspecified atom stereocenters. The van der Waals surface area contributed by atoms with E-state index in [1.807, 2.05) is 54.8 Å². The van der Waals surface area contributed by atoms with E-state index in [-0.39, 0.29) is 5.57 Å². The maximum Gasteiger partial charge on any atom is 0.350 e. The third-order valence-electron chi connectivity index (χ3n) is 3.66. The van der Waals surface area contributed by atoms with Gasteiger partial charge in [0.2, 0.25) is 0 Å². The molecule has 0 bridgehead atoms. The van der Waals surface area contributed by atoms with Crippen LogP contribution in [-0.4, -0.2) is 16.6 Å². The van der Waals surface area contributed by atoms with Crippen molar-refractivity contribution in [3.05, 3.63) is 57.3 Å². The first-order chi connectivity index (χ1) is 11.9. The Balaban J connectivity index is 2.42. The molecule has 0 saturated carbocycles. The van der Waals surface area contributed by atoms with Crippen LogP contribution >= 0.6 is 15.9 Å². The molecule has 0 N–H and O–H groups in total. The minimum Gasteiger partial charge on any atom is -0.443 e. The Morgan fingerprint density at radius 3 is 2.48 bits per heavy atom.